The average Bonchev–Trinajstić information content (AvgIpc) is 2.73. The van der Waals surface area contributed by atoms with E-state index < -0.39 is 18.0 Å². The van der Waals surface area contributed by atoms with Gasteiger partial charge in [0, 0.05) is 12.1 Å². The highest BCUT2D eigenvalue weighted by Gasteiger charge is 2.18. The summed E-state index contributed by atoms with van der Waals surface area (Å²) in [5.41, 5.74) is 3.57. The Balaban J connectivity index is 1.74. The zero-order chi connectivity index (χ0) is 22.1. The van der Waals surface area contributed by atoms with E-state index in [1.54, 1.807) is 7.11 Å². The Morgan fingerprint density at radius 2 is 1.63 bits per heavy atom. The summed E-state index contributed by atoms with van der Waals surface area (Å²) in [4.78, 5) is 36.3. The molecule has 2 rings (SSSR count). The van der Waals surface area contributed by atoms with Gasteiger partial charge in [0.1, 0.15) is 5.75 Å². The van der Waals surface area contributed by atoms with Crippen molar-refractivity contribution in [3.63, 3.8) is 0 Å². The summed E-state index contributed by atoms with van der Waals surface area (Å²) in [6.07, 6.45) is -0.340. The predicted molar refractivity (Wildman–Crippen MR) is 114 cm³/mol. The number of rotatable bonds is 9. The molecular formula is C23H28N2O5. The number of esters is 1. The Labute approximate surface area is 176 Å². The predicted octanol–water partition coefficient (Wildman–Crippen LogP) is 2.93. The first-order valence-electron chi connectivity index (χ1n) is 9.76. The maximum Gasteiger partial charge on any atom is 0.306 e. The minimum Gasteiger partial charge on any atom is -0.497 e. The van der Waals surface area contributed by atoms with Crippen molar-refractivity contribution in [3.05, 3.63) is 59.2 Å². The van der Waals surface area contributed by atoms with Gasteiger partial charge < -0.3 is 20.1 Å². The fourth-order valence-corrected chi connectivity index (χ4v) is 2.85. The lowest BCUT2D eigenvalue weighted by Gasteiger charge is -2.15. The highest BCUT2D eigenvalue weighted by molar-refractivity contribution is 5.96. The number of nitrogens with one attached hydrogen (secondary N) is 2. The summed E-state index contributed by atoms with van der Waals surface area (Å²) in [6, 6.07) is 13.1. The van der Waals surface area contributed by atoms with Gasteiger partial charge in [0.25, 0.3) is 5.91 Å². The van der Waals surface area contributed by atoms with Crippen LogP contribution in [0.15, 0.2) is 42.5 Å². The lowest BCUT2D eigenvalue weighted by molar-refractivity contribution is -0.154. The summed E-state index contributed by atoms with van der Waals surface area (Å²) in [6.45, 7) is 5.06. The van der Waals surface area contributed by atoms with Crippen LogP contribution in [0.2, 0.25) is 0 Å². The van der Waals surface area contributed by atoms with E-state index in [2.05, 4.69) is 10.6 Å². The van der Waals surface area contributed by atoms with Gasteiger partial charge >= 0.3 is 5.97 Å². The van der Waals surface area contributed by atoms with Crippen LogP contribution in [0.4, 0.5) is 5.69 Å². The molecule has 30 heavy (non-hydrogen) atoms. The zero-order valence-corrected chi connectivity index (χ0v) is 17.8. The van der Waals surface area contributed by atoms with Gasteiger partial charge in [-0.1, -0.05) is 30.3 Å². The molecule has 1 unspecified atom stereocenters. The van der Waals surface area contributed by atoms with Gasteiger partial charge in [0.2, 0.25) is 5.91 Å². The number of hydrogen-bond acceptors (Lipinski definition) is 5. The Bertz CT molecular complexity index is 873. The van der Waals surface area contributed by atoms with Gasteiger partial charge in [0.05, 0.1) is 13.7 Å². The molecule has 2 aromatic carbocycles. The summed E-state index contributed by atoms with van der Waals surface area (Å²) in [7, 11) is 1.59. The largest absolute Gasteiger partial charge is 0.497 e. The molecule has 1 atom stereocenters. The summed E-state index contributed by atoms with van der Waals surface area (Å²) in [5, 5.41) is 5.28. The number of para-hydroxylation sites is 1. The van der Waals surface area contributed by atoms with Crippen LogP contribution in [-0.2, 0) is 25.5 Å². The molecular weight excluding hydrogens is 384 g/mol. The monoisotopic (exact) mass is 412 g/mol. The number of benzene rings is 2. The molecule has 7 heteroatoms. The molecule has 160 valence electrons. The van der Waals surface area contributed by atoms with Crippen molar-refractivity contribution in [1.82, 2.24) is 5.32 Å². The van der Waals surface area contributed by atoms with Crippen LogP contribution in [-0.4, -0.2) is 37.5 Å². The third-order valence-corrected chi connectivity index (χ3v) is 4.62. The second-order valence-corrected chi connectivity index (χ2v) is 7.01. The molecule has 0 heterocycles. The number of aryl methyl sites for hydroxylation is 3. The molecule has 0 aliphatic heterocycles. The second-order valence-electron chi connectivity index (χ2n) is 7.01. The molecule has 2 amide bonds. The summed E-state index contributed by atoms with van der Waals surface area (Å²) in [5.74, 6) is -0.607. The number of ether oxygens (including phenoxy) is 2. The van der Waals surface area contributed by atoms with Gasteiger partial charge in [-0.25, -0.2) is 0 Å². The molecule has 2 aromatic rings. The van der Waals surface area contributed by atoms with E-state index in [9.17, 15) is 14.4 Å². The normalized spacial score (nSPS) is 11.3. The second kappa shape index (κ2) is 11.0. The van der Waals surface area contributed by atoms with Crippen LogP contribution in [0.5, 0.6) is 5.75 Å². The molecule has 0 bridgehead atoms. The molecule has 0 aliphatic carbocycles. The van der Waals surface area contributed by atoms with Gasteiger partial charge in [-0.3, -0.25) is 14.4 Å². The van der Waals surface area contributed by atoms with Gasteiger partial charge in [-0.05, 0) is 56.0 Å². The van der Waals surface area contributed by atoms with Crippen molar-refractivity contribution in [2.24, 2.45) is 0 Å². The van der Waals surface area contributed by atoms with Crippen molar-refractivity contribution in [2.45, 2.75) is 39.7 Å². The lowest BCUT2D eigenvalue weighted by atomic mass is 10.1. The Hall–Kier alpha value is -3.35. The molecule has 0 saturated heterocycles. The molecule has 7 nitrogen and oxygen atoms in total. The topological polar surface area (TPSA) is 93.7 Å². The standard InChI is InChI=1S/C23H28N2O5/c1-15-6-5-7-16(2)22(15)25-20(26)14-24-23(28)17(3)30-21(27)13-10-18-8-11-19(29-4)12-9-18/h5-9,11-12,17H,10,13-14H2,1-4H3,(H,24,28)(H,25,26). The smallest absolute Gasteiger partial charge is 0.306 e. The first-order chi connectivity index (χ1) is 14.3. The van der Waals surface area contributed by atoms with Crippen LogP contribution in [0.3, 0.4) is 0 Å². The quantitative estimate of drug-likeness (QED) is 0.618. The van der Waals surface area contributed by atoms with E-state index in [1.807, 2.05) is 56.3 Å². The molecule has 0 aliphatic rings. The third-order valence-electron chi connectivity index (χ3n) is 4.62. The first-order valence-corrected chi connectivity index (χ1v) is 9.76. The number of anilines is 1. The maximum absolute atomic E-state index is 12.1. The molecule has 0 aromatic heterocycles. The van der Waals surface area contributed by atoms with Gasteiger partial charge in [0.15, 0.2) is 6.10 Å². The molecule has 2 N–H and O–H groups in total. The molecule has 0 radical (unpaired) electrons. The average molecular weight is 412 g/mol. The van der Waals surface area contributed by atoms with Crippen molar-refractivity contribution < 1.29 is 23.9 Å². The number of carbonyl (C=O) groups is 3. The minimum atomic E-state index is -0.985. The highest BCUT2D eigenvalue weighted by Crippen LogP contribution is 2.19. The first kappa shape index (κ1) is 22.9. The molecule has 0 spiro atoms. The van der Waals surface area contributed by atoms with Gasteiger partial charge in [-0.15, -0.1) is 0 Å². The highest BCUT2D eigenvalue weighted by atomic mass is 16.5. The zero-order valence-electron chi connectivity index (χ0n) is 17.8. The van der Waals surface area contributed by atoms with E-state index in [4.69, 9.17) is 9.47 Å². The molecule has 0 fully saturated rings. The fraction of sp³-hybridized carbons (Fsp3) is 0.348. The van der Waals surface area contributed by atoms with Crippen LogP contribution in [0.1, 0.15) is 30.0 Å². The third kappa shape index (κ3) is 6.92. The lowest BCUT2D eigenvalue weighted by Crippen LogP contribution is -2.40. The van der Waals surface area contributed by atoms with E-state index >= 15 is 0 Å². The van der Waals surface area contributed by atoms with Crippen LogP contribution in [0.25, 0.3) is 0 Å². The van der Waals surface area contributed by atoms with E-state index in [-0.39, 0.29) is 18.9 Å². The van der Waals surface area contributed by atoms with Crippen molar-refractivity contribution >= 4 is 23.5 Å². The number of methoxy groups -OCH3 is 1. The van der Waals surface area contributed by atoms with E-state index in [0.717, 1.165) is 28.1 Å². The summed E-state index contributed by atoms with van der Waals surface area (Å²) >= 11 is 0. The fourth-order valence-electron chi connectivity index (χ4n) is 2.85. The Kier molecular flexibility index (Phi) is 8.41. The van der Waals surface area contributed by atoms with Crippen molar-refractivity contribution in [1.29, 1.82) is 0 Å². The number of hydrogen-bond donors (Lipinski definition) is 2. The Morgan fingerprint density at radius 1 is 1.00 bits per heavy atom. The molecule has 0 saturated carbocycles. The van der Waals surface area contributed by atoms with Gasteiger partial charge in [-0.2, -0.15) is 0 Å². The van der Waals surface area contributed by atoms with Crippen molar-refractivity contribution in [3.8, 4) is 5.75 Å². The summed E-state index contributed by atoms with van der Waals surface area (Å²) < 4.78 is 10.3. The van der Waals surface area contributed by atoms with Crippen LogP contribution in [0, 0.1) is 13.8 Å². The number of carbonyl (C=O) groups excluding carboxylic acids is 3. The van der Waals surface area contributed by atoms with Crippen molar-refractivity contribution in [2.75, 3.05) is 19.0 Å². The minimum absolute atomic E-state index is 0.150. The SMILES string of the molecule is COc1ccc(CCC(=O)OC(C)C(=O)NCC(=O)Nc2c(C)cccc2C)cc1. The van der Waals surface area contributed by atoms with Crippen LogP contribution >= 0.6 is 0 Å². The van der Waals surface area contributed by atoms with E-state index in [0.29, 0.717) is 6.42 Å². The Morgan fingerprint density at radius 3 is 2.23 bits per heavy atom. The van der Waals surface area contributed by atoms with Crippen LogP contribution < -0.4 is 15.4 Å². The number of amides is 2. The van der Waals surface area contributed by atoms with E-state index in [1.165, 1.54) is 6.92 Å². The maximum atomic E-state index is 12.1.